The molecule has 0 bridgehead atoms. The number of nitrogens with zero attached hydrogens (tertiary/aromatic N) is 1. The quantitative estimate of drug-likeness (QED) is 0.791. The van der Waals surface area contributed by atoms with Crippen LogP contribution in [0.5, 0.6) is 5.88 Å². The predicted octanol–water partition coefficient (Wildman–Crippen LogP) is 2.84. The molecule has 1 atom stereocenters. The van der Waals surface area contributed by atoms with Gasteiger partial charge in [0.15, 0.2) is 0 Å². The highest BCUT2D eigenvalue weighted by atomic mass is 32.1. The standard InChI is InChI=1S/C13H20N2OS/c1-4-5-9(2)8-16-13-11(12(14)17)7-6-10(3)15-13/h6-7,9H,4-5,8H2,1-3H3,(H2,14,17). The van der Waals surface area contributed by atoms with Crippen molar-refractivity contribution in [2.24, 2.45) is 11.7 Å². The lowest BCUT2D eigenvalue weighted by molar-refractivity contribution is 0.242. The number of pyridine rings is 1. The highest BCUT2D eigenvalue weighted by Gasteiger charge is 2.10. The second kappa shape index (κ2) is 6.55. The third-order valence-corrected chi connectivity index (χ3v) is 2.77. The maximum atomic E-state index is 5.72. The number of aromatic nitrogens is 1. The Kier molecular flexibility index (Phi) is 5.35. The number of rotatable bonds is 6. The molecule has 0 aromatic carbocycles. The largest absolute Gasteiger partial charge is 0.477 e. The topological polar surface area (TPSA) is 48.1 Å². The Balaban J connectivity index is 2.75. The van der Waals surface area contributed by atoms with Crippen molar-refractivity contribution in [1.29, 1.82) is 0 Å². The molecule has 0 spiro atoms. The number of nitrogens with two attached hydrogens (primary N) is 1. The van der Waals surface area contributed by atoms with E-state index < -0.39 is 0 Å². The van der Waals surface area contributed by atoms with Gasteiger partial charge in [-0.3, -0.25) is 0 Å². The SMILES string of the molecule is CCCC(C)COc1nc(C)ccc1C(N)=S. The molecule has 0 aliphatic carbocycles. The maximum absolute atomic E-state index is 5.72. The van der Waals surface area contributed by atoms with Crippen molar-refractivity contribution in [3.05, 3.63) is 23.4 Å². The van der Waals surface area contributed by atoms with Crippen LogP contribution >= 0.6 is 12.2 Å². The molecule has 1 rings (SSSR count). The third-order valence-electron chi connectivity index (χ3n) is 2.55. The summed E-state index contributed by atoms with van der Waals surface area (Å²) in [5.41, 5.74) is 7.26. The fourth-order valence-corrected chi connectivity index (χ4v) is 1.78. The predicted molar refractivity (Wildman–Crippen MR) is 74.4 cm³/mol. The minimum atomic E-state index is 0.329. The monoisotopic (exact) mass is 252 g/mol. The summed E-state index contributed by atoms with van der Waals surface area (Å²) in [6.07, 6.45) is 2.31. The molecule has 1 heterocycles. The van der Waals surface area contributed by atoms with Crippen LogP contribution in [0.15, 0.2) is 12.1 Å². The smallest absolute Gasteiger partial charge is 0.223 e. The Morgan fingerprint density at radius 1 is 1.53 bits per heavy atom. The first-order valence-corrected chi connectivity index (χ1v) is 6.35. The molecule has 0 amide bonds. The van der Waals surface area contributed by atoms with Gasteiger partial charge in [0.1, 0.15) is 4.99 Å². The molecule has 1 unspecified atom stereocenters. The average Bonchev–Trinajstić information content (AvgIpc) is 2.26. The van der Waals surface area contributed by atoms with Crippen molar-refractivity contribution >= 4 is 17.2 Å². The van der Waals surface area contributed by atoms with Gasteiger partial charge in [-0.2, -0.15) is 0 Å². The first kappa shape index (κ1) is 13.9. The lowest BCUT2D eigenvalue weighted by Crippen LogP contribution is -2.15. The Labute approximate surface area is 108 Å². The van der Waals surface area contributed by atoms with Crippen LogP contribution in [0.4, 0.5) is 0 Å². The Morgan fingerprint density at radius 2 is 2.24 bits per heavy atom. The van der Waals surface area contributed by atoms with Crippen LogP contribution in [-0.2, 0) is 0 Å². The van der Waals surface area contributed by atoms with Crippen molar-refractivity contribution in [1.82, 2.24) is 4.98 Å². The van der Waals surface area contributed by atoms with Crippen LogP contribution < -0.4 is 10.5 Å². The fourth-order valence-electron chi connectivity index (χ4n) is 1.63. The van der Waals surface area contributed by atoms with Gasteiger partial charge in [0.25, 0.3) is 0 Å². The molecule has 0 aliphatic heterocycles. The second-order valence-corrected chi connectivity index (χ2v) is 4.81. The van der Waals surface area contributed by atoms with Crippen molar-refractivity contribution in [2.45, 2.75) is 33.6 Å². The van der Waals surface area contributed by atoms with Crippen molar-refractivity contribution in [2.75, 3.05) is 6.61 Å². The number of aryl methyl sites for hydroxylation is 1. The molecule has 2 N–H and O–H groups in total. The summed E-state index contributed by atoms with van der Waals surface area (Å²) in [5, 5.41) is 0. The minimum absolute atomic E-state index is 0.329. The zero-order valence-electron chi connectivity index (χ0n) is 10.7. The van der Waals surface area contributed by atoms with Gasteiger partial charge >= 0.3 is 0 Å². The van der Waals surface area contributed by atoms with Gasteiger partial charge in [-0.05, 0) is 31.4 Å². The summed E-state index contributed by atoms with van der Waals surface area (Å²) in [5.74, 6) is 1.07. The van der Waals surface area contributed by atoms with Crippen molar-refractivity contribution < 1.29 is 4.74 Å². The van der Waals surface area contributed by atoms with E-state index in [2.05, 4.69) is 18.8 Å². The summed E-state index contributed by atoms with van der Waals surface area (Å²) in [6.45, 7) is 6.91. The lowest BCUT2D eigenvalue weighted by atomic mass is 10.1. The van der Waals surface area contributed by atoms with E-state index in [1.54, 1.807) is 0 Å². The average molecular weight is 252 g/mol. The van der Waals surface area contributed by atoms with E-state index >= 15 is 0 Å². The molecule has 4 heteroatoms. The minimum Gasteiger partial charge on any atom is -0.477 e. The van der Waals surface area contributed by atoms with Crippen LogP contribution in [0.2, 0.25) is 0 Å². The summed E-state index contributed by atoms with van der Waals surface area (Å²) in [7, 11) is 0. The Morgan fingerprint density at radius 3 is 2.82 bits per heavy atom. The molecule has 0 radical (unpaired) electrons. The van der Waals surface area contributed by atoms with Gasteiger partial charge in [0.05, 0.1) is 12.2 Å². The van der Waals surface area contributed by atoms with Gasteiger partial charge < -0.3 is 10.5 Å². The molecule has 1 aromatic heterocycles. The molecule has 0 saturated carbocycles. The van der Waals surface area contributed by atoms with E-state index in [-0.39, 0.29) is 0 Å². The number of thiocarbonyl (C=S) groups is 1. The van der Waals surface area contributed by atoms with E-state index in [0.717, 1.165) is 18.5 Å². The molecular formula is C13H20N2OS. The molecule has 1 aromatic rings. The van der Waals surface area contributed by atoms with Crippen LogP contribution in [0.25, 0.3) is 0 Å². The molecule has 94 valence electrons. The molecule has 0 aliphatic rings. The second-order valence-electron chi connectivity index (χ2n) is 4.37. The highest BCUT2D eigenvalue weighted by molar-refractivity contribution is 7.80. The number of hydrogen-bond acceptors (Lipinski definition) is 3. The first-order valence-electron chi connectivity index (χ1n) is 5.94. The van der Waals surface area contributed by atoms with Gasteiger partial charge in [0, 0.05) is 5.69 Å². The third kappa shape index (κ3) is 4.30. The van der Waals surface area contributed by atoms with E-state index in [1.807, 2.05) is 19.1 Å². The van der Waals surface area contributed by atoms with E-state index in [9.17, 15) is 0 Å². The van der Waals surface area contributed by atoms with Gasteiger partial charge in [-0.1, -0.05) is 32.5 Å². The molecule has 3 nitrogen and oxygen atoms in total. The van der Waals surface area contributed by atoms with Crippen LogP contribution in [0, 0.1) is 12.8 Å². The summed E-state index contributed by atoms with van der Waals surface area (Å²) >= 11 is 4.98. The normalized spacial score (nSPS) is 12.2. The highest BCUT2D eigenvalue weighted by Crippen LogP contribution is 2.17. The molecule has 0 saturated heterocycles. The van der Waals surface area contributed by atoms with Gasteiger partial charge in [0.2, 0.25) is 5.88 Å². The van der Waals surface area contributed by atoms with Crippen molar-refractivity contribution in [3.8, 4) is 5.88 Å². The Hall–Kier alpha value is -1.16. The van der Waals surface area contributed by atoms with Crippen molar-refractivity contribution in [3.63, 3.8) is 0 Å². The van der Waals surface area contributed by atoms with E-state index in [4.69, 9.17) is 22.7 Å². The van der Waals surface area contributed by atoms with Crippen LogP contribution in [0.1, 0.15) is 37.9 Å². The van der Waals surface area contributed by atoms with E-state index in [1.165, 1.54) is 0 Å². The zero-order valence-corrected chi connectivity index (χ0v) is 11.5. The van der Waals surface area contributed by atoms with Crippen LogP contribution in [-0.4, -0.2) is 16.6 Å². The number of hydrogen-bond donors (Lipinski definition) is 1. The fraction of sp³-hybridized carbons (Fsp3) is 0.538. The summed E-state index contributed by atoms with van der Waals surface area (Å²) in [6, 6.07) is 3.75. The summed E-state index contributed by atoms with van der Waals surface area (Å²) < 4.78 is 5.72. The van der Waals surface area contributed by atoms with Gasteiger partial charge in [-0.15, -0.1) is 0 Å². The Bertz CT molecular complexity index is 393. The van der Waals surface area contributed by atoms with Gasteiger partial charge in [-0.25, -0.2) is 4.98 Å². The first-order chi connectivity index (χ1) is 8.04. The number of ether oxygens (including phenoxy) is 1. The zero-order chi connectivity index (χ0) is 12.8. The molecular weight excluding hydrogens is 232 g/mol. The summed E-state index contributed by atoms with van der Waals surface area (Å²) in [4.78, 5) is 4.67. The van der Waals surface area contributed by atoms with Crippen LogP contribution in [0.3, 0.4) is 0 Å². The maximum Gasteiger partial charge on any atom is 0.223 e. The van der Waals surface area contributed by atoms with E-state index in [0.29, 0.717) is 29.0 Å². The molecule has 0 fully saturated rings. The molecule has 17 heavy (non-hydrogen) atoms. The lowest BCUT2D eigenvalue weighted by Gasteiger charge is -2.14.